The van der Waals surface area contributed by atoms with Crippen LogP contribution in [0.5, 0.6) is 0 Å². The van der Waals surface area contributed by atoms with E-state index in [1.807, 2.05) is 0 Å². The molecule has 0 aliphatic heterocycles. The van der Waals surface area contributed by atoms with Crippen molar-refractivity contribution in [1.29, 1.82) is 0 Å². The standard InChI is InChI=1S/C45H32N2/c1-3-17-36(18-4-1)46(44-23-11-15-32-13-7-9-21-42(32)44)38-25-27-40-34(30-38)29-35-31-39(26-28-41(35)40)47(37-19-5-2-6-20-37)45-24-12-16-33-14-8-10-22-43(33)45/h1-28,30-31H,29H2. The molecule has 222 valence electrons. The lowest BCUT2D eigenvalue weighted by molar-refractivity contribution is 1.22. The lowest BCUT2D eigenvalue weighted by atomic mass is 10.0. The van der Waals surface area contributed by atoms with E-state index in [1.165, 1.54) is 66.5 Å². The molecule has 1 aliphatic rings. The van der Waals surface area contributed by atoms with Gasteiger partial charge in [0.25, 0.3) is 0 Å². The molecule has 1 aliphatic carbocycles. The van der Waals surface area contributed by atoms with Gasteiger partial charge in [0.1, 0.15) is 0 Å². The first kappa shape index (κ1) is 27.2. The van der Waals surface area contributed by atoms with Gasteiger partial charge in [-0.05, 0) is 100 Å². The Hall–Kier alpha value is -6.12. The smallest absolute Gasteiger partial charge is 0.0540 e. The number of hydrogen-bond donors (Lipinski definition) is 0. The quantitative estimate of drug-likeness (QED) is 0.187. The maximum atomic E-state index is 2.40. The third kappa shape index (κ3) is 4.74. The zero-order valence-corrected chi connectivity index (χ0v) is 25.9. The van der Waals surface area contributed by atoms with Gasteiger partial charge in [-0.2, -0.15) is 0 Å². The highest BCUT2D eigenvalue weighted by Gasteiger charge is 2.24. The molecule has 0 atom stereocenters. The molecule has 0 spiro atoms. The maximum Gasteiger partial charge on any atom is 0.0540 e. The number of hydrogen-bond acceptors (Lipinski definition) is 2. The van der Waals surface area contributed by atoms with Crippen molar-refractivity contribution in [3.63, 3.8) is 0 Å². The van der Waals surface area contributed by atoms with E-state index in [-0.39, 0.29) is 0 Å². The van der Waals surface area contributed by atoms with E-state index in [0.717, 1.165) is 17.8 Å². The van der Waals surface area contributed by atoms with Gasteiger partial charge in [0.05, 0.1) is 11.4 Å². The summed E-state index contributed by atoms with van der Waals surface area (Å²) in [5.74, 6) is 0. The molecule has 8 aromatic carbocycles. The Morgan fingerprint density at radius 1 is 0.319 bits per heavy atom. The molecular weight excluding hydrogens is 569 g/mol. The summed E-state index contributed by atoms with van der Waals surface area (Å²) in [6.07, 6.45) is 0.892. The van der Waals surface area contributed by atoms with Crippen LogP contribution in [0.4, 0.5) is 34.1 Å². The molecule has 9 rings (SSSR count). The largest absolute Gasteiger partial charge is 0.310 e. The van der Waals surface area contributed by atoms with Crippen LogP contribution in [0.1, 0.15) is 11.1 Å². The van der Waals surface area contributed by atoms with Crippen LogP contribution in [0, 0.1) is 0 Å². The minimum Gasteiger partial charge on any atom is -0.310 e. The topological polar surface area (TPSA) is 6.48 Å². The zero-order valence-electron chi connectivity index (χ0n) is 25.9. The fourth-order valence-electron chi connectivity index (χ4n) is 7.28. The summed E-state index contributed by atoms with van der Waals surface area (Å²) in [5.41, 5.74) is 12.3. The average Bonchev–Trinajstić information content (AvgIpc) is 3.50. The molecule has 0 bridgehead atoms. The van der Waals surface area contributed by atoms with Gasteiger partial charge in [-0.1, -0.05) is 121 Å². The van der Waals surface area contributed by atoms with E-state index in [4.69, 9.17) is 0 Å². The van der Waals surface area contributed by atoms with Gasteiger partial charge in [0.2, 0.25) is 0 Å². The summed E-state index contributed by atoms with van der Waals surface area (Å²) >= 11 is 0. The van der Waals surface area contributed by atoms with Gasteiger partial charge in [-0.25, -0.2) is 0 Å². The molecular formula is C45H32N2. The van der Waals surface area contributed by atoms with Crippen LogP contribution in [0.3, 0.4) is 0 Å². The van der Waals surface area contributed by atoms with E-state index in [2.05, 4.69) is 192 Å². The van der Waals surface area contributed by atoms with Crippen molar-refractivity contribution < 1.29 is 0 Å². The van der Waals surface area contributed by atoms with Gasteiger partial charge >= 0.3 is 0 Å². The monoisotopic (exact) mass is 600 g/mol. The van der Waals surface area contributed by atoms with Gasteiger partial charge in [0, 0.05) is 33.5 Å². The molecule has 0 aromatic heterocycles. The number of para-hydroxylation sites is 2. The van der Waals surface area contributed by atoms with Gasteiger partial charge in [-0.15, -0.1) is 0 Å². The SMILES string of the molecule is c1ccc(N(c2ccc3c(c2)Cc2cc(N(c4ccccc4)c4cccc5ccccc45)ccc2-3)c2cccc3ccccc23)cc1. The first-order valence-corrected chi connectivity index (χ1v) is 16.2. The Labute approximate surface area is 275 Å². The molecule has 0 heterocycles. The van der Waals surface area contributed by atoms with Gasteiger partial charge < -0.3 is 9.80 Å². The minimum absolute atomic E-state index is 0.892. The van der Waals surface area contributed by atoms with Crippen molar-refractivity contribution in [1.82, 2.24) is 0 Å². The van der Waals surface area contributed by atoms with E-state index < -0.39 is 0 Å². The first-order chi connectivity index (χ1) is 23.3. The second kappa shape index (κ2) is 11.3. The molecule has 0 fully saturated rings. The summed E-state index contributed by atoms with van der Waals surface area (Å²) in [5, 5.41) is 4.95. The molecule has 0 saturated carbocycles. The van der Waals surface area contributed by atoms with Gasteiger partial charge in [-0.3, -0.25) is 0 Å². The number of nitrogens with zero attached hydrogens (tertiary/aromatic N) is 2. The first-order valence-electron chi connectivity index (χ1n) is 16.2. The fourth-order valence-corrected chi connectivity index (χ4v) is 7.28. The van der Waals surface area contributed by atoms with Crippen LogP contribution in [-0.2, 0) is 6.42 Å². The Bertz CT molecular complexity index is 2210. The maximum absolute atomic E-state index is 2.40. The van der Waals surface area contributed by atoms with E-state index in [0.29, 0.717) is 0 Å². The molecule has 47 heavy (non-hydrogen) atoms. The summed E-state index contributed by atoms with van der Waals surface area (Å²) < 4.78 is 0. The Morgan fingerprint density at radius 2 is 0.723 bits per heavy atom. The van der Waals surface area contributed by atoms with Crippen molar-refractivity contribution >= 4 is 55.7 Å². The number of benzene rings is 8. The van der Waals surface area contributed by atoms with Crippen LogP contribution >= 0.6 is 0 Å². The normalized spacial score (nSPS) is 11.7. The highest BCUT2D eigenvalue weighted by Crippen LogP contribution is 2.46. The molecule has 0 amide bonds. The van der Waals surface area contributed by atoms with Gasteiger partial charge in [0.15, 0.2) is 0 Å². The van der Waals surface area contributed by atoms with Crippen molar-refractivity contribution in [2.24, 2.45) is 0 Å². The zero-order chi connectivity index (χ0) is 31.2. The summed E-state index contributed by atoms with van der Waals surface area (Å²) in [4.78, 5) is 4.80. The minimum atomic E-state index is 0.892. The van der Waals surface area contributed by atoms with Crippen LogP contribution in [0.15, 0.2) is 182 Å². The number of rotatable bonds is 6. The lowest BCUT2D eigenvalue weighted by Crippen LogP contribution is -2.10. The summed E-state index contributed by atoms with van der Waals surface area (Å²) in [6, 6.07) is 65.9. The third-order valence-corrected chi connectivity index (χ3v) is 9.41. The van der Waals surface area contributed by atoms with Crippen molar-refractivity contribution in [2.45, 2.75) is 6.42 Å². The summed E-state index contributed by atoms with van der Waals surface area (Å²) in [7, 11) is 0. The molecule has 2 heteroatoms. The highest BCUT2D eigenvalue weighted by atomic mass is 15.1. The highest BCUT2D eigenvalue weighted by molar-refractivity contribution is 6.00. The molecule has 2 nitrogen and oxygen atoms in total. The average molecular weight is 601 g/mol. The van der Waals surface area contributed by atoms with Crippen LogP contribution in [-0.4, -0.2) is 0 Å². The lowest BCUT2D eigenvalue weighted by Gasteiger charge is -2.27. The second-order valence-electron chi connectivity index (χ2n) is 12.2. The van der Waals surface area contributed by atoms with Crippen LogP contribution in [0.2, 0.25) is 0 Å². The molecule has 0 N–H and O–H groups in total. The van der Waals surface area contributed by atoms with Crippen LogP contribution in [0.25, 0.3) is 32.7 Å². The Kier molecular flexibility index (Phi) is 6.57. The van der Waals surface area contributed by atoms with E-state index >= 15 is 0 Å². The van der Waals surface area contributed by atoms with Crippen molar-refractivity contribution in [3.8, 4) is 11.1 Å². The molecule has 8 aromatic rings. The van der Waals surface area contributed by atoms with E-state index in [9.17, 15) is 0 Å². The number of anilines is 6. The predicted molar refractivity (Wildman–Crippen MR) is 199 cm³/mol. The Morgan fingerprint density at radius 3 is 1.19 bits per heavy atom. The second-order valence-corrected chi connectivity index (χ2v) is 12.2. The third-order valence-electron chi connectivity index (χ3n) is 9.41. The van der Waals surface area contributed by atoms with E-state index in [1.54, 1.807) is 0 Å². The number of fused-ring (bicyclic) bond motifs is 5. The molecule has 0 radical (unpaired) electrons. The predicted octanol–water partition coefficient (Wildman–Crippen LogP) is 12.5. The van der Waals surface area contributed by atoms with Crippen molar-refractivity contribution in [2.75, 3.05) is 9.80 Å². The van der Waals surface area contributed by atoms with Crippen LogP contribution < -0.4 is 9.80 Å². The molecule has 0 saturated heterocycles. The fraction of sp³-hybridized carbons (Fsp3) is 0.0222. The summed E-state index contributed by atoms with van der Waals surface area (Å²) in [6.45, 7) is 0. The van der Waals surface area contributed by atoms with Crippen molar-refractivity contribution in [3.05, 3.63) is 193 Å². The Balaban J connectivity index is 1.14. The molecule has 0 unspecified atom stereocenters.